The van der Waals surface area contributed by atoms with E-state index in [-0.39, 0.29) is 12.5 Å². The molecule has 154 valence electrons. The third-order valence-electron chi connectivity index (χ3n) is 5.80. The number of pyridine rings is 2. The molecule has 0 bridgehead atoms. The van der Waals surface area contributed by atoms with E-state index in [9.17, 15) is 9.59 Å². The van der Waals surface area contributed by atoms with E-state index in [1.807, 2.05) is 47.1 Å². The Morgan fingerprint density at radius 2 is 1.90 bits per heavy atom. The van der Waals surface area contributed by atoms with Crippen LogP contribution in [-0.4, -0.2) is 43.6 Å². The lowest BCUT2D eigenvalue weighted by molar-refractivity contribution is 0.0233. The van der Waals surface area contributed by atoms with Crippen molar-refractivity contribution in [3.8, 4) is 0 Å². The second kappa shape index (κ2) is 5.91. The summed E-state index contributed by atoms with van der Waals surface area (Å²) < 4.78 is 7.40. The molecule has 2 aromatic carbocycles. The van der Waals surface area contributed by atoms with E-state index >= 15 is 0 Å². The van der Waals surface area contributed by atoms with E-state index in [0.717, 1.165) is 43.8 Å². The summed E-state index contributed by atoms with van der Waals surface area (Å²) in [6, 6.07) is 11.9. The maximum Gasteiger partial charge on any atom is 0.417 e. The van der Waals surface area contributed by atoms with Crippen LogP contribution in [-0.2, 0) is 11.2 Å². The highest BCUT2D eigenvalue weighted by atomic mass is 16.6. The van der Waals surface area contributed by atoms with E-state index < -0.39 is 11.7 Å². The fourth-order valence-electron chi connectivity index (χ4n) is 4.60. The molecule has 0 saturated heterocycles. The molecule has 2 amide bonds. The zero-order valence-electron chi connectivity index (χ0n) is 17.5. The first-order valence-corrected chi connectivity index (χ1v) is 10.3. The second-order valence-corrected chi connectivity index (χ2v) is 8.97. The quantitative estimate of drug-likeness (QED) is 0.275. The van der Waals surface area contributed by atoms with Gasteiger partial charge in [0, 0.05) is 34.5 Å². The highest BCUT2D eigenvalue weighted by Crippen LogP contribution is 2.39. The van der Waals surface area contributed by atoms with Gasteiger partial charge in [0.05, 0.1) is 34.0 Å². The Morgan fingerprint density at radius 1 is 1.10 bits per heavy atom. The van der Waals surface area contributed by atoms with Crippen molar-refractivity contribution < 1.29 is 14.3 Å². The summed E-state index contributed by atoms with van der Waals surface area (Å²) in [5, 5.41) is 8.20. The highest BCUT2D eigenvalue weighted by molar-refractivity contribution is 6.28. The summed E-state index contributed by atoms with van der Waals surface area (Å²) in [5.41, 5.74) is 3.19. The molecule has 4 heterocycles. The predicted molar refractivity (Wildman–Crippen MR) is 118 cm³/mol. The zero-order valence-corrected chi connectivity index (χ0v) is 17.5. The van der Waals surface area contributed by atoms with Crippen molar-refractivity contribution in [3.63, 3.8) is 0 Å². The van der Waals surface area contributed by atoms with Gasteiger partial charge >= 0.3 is 6.09 Å². The molecule has 0 spiro atoms. The van der Waals surface area contributed by atoms with Crippen LogP contribution in [0.25, 0.3) is 38.1 Å². The van der Waals surface area contributed by atoms with Crippen molar-refractivity contribution in [1.82, 2.24) is 19.5 Å². The molecule has 6 rings (SSSR count). The van der Waals surface area contributed by atoms with E-state index in [2.05, 4.69) is 5.10 Å². The van der Waals surface area contributed by atoms with Crippen LogP contribution in [0.4, 0.5) is 4.79 Å². The molecule has 7 nitrogen and oxygen atoms in total. The fourth-order valence-corrected chi connectivity index (χ4v) is 4.60. The summed E-state index contributed by atoms with van der Waals surface area (Å²) in [6.45, 7) is 5.63. The largest absolute Gasteiger partial charge is 0.443 e. The first-order valence-electron chi connectivity index (χ1n) is 10.3. The van der Waals surface area contributed by atoms with Crippen molar-refractivity contribution in [2.75, 3.05) is 6.54 Å². The Kier molecular flexibility index (Phi) is 3.44. The van der Waals surface area contributed by atoms with Gasteiger partial charge in [-0.2, -0.15) is 5.10 Å². The minimum absolute atomic E-state index is 0.251. The molecule has 31 heavy (non-hydrogen) atoms. The lowest BCUT2D eigenvalue weighted by Crippen LogP contribution is -2.45. The van der Waals surface area contributed by atoms with Crippen LogP contribution < -0.4 is 0 Å². The van der Waals surface area contributed by atoms with E-state index in [4.69, 9.17) is 9.72 Å². The Labute approximate surface area is 177 Å². The van der Waals surface area contributed by atoms with Gasteiger partial charge in [-0.15, -0.1) is 0 Å². The number of amides is 2. The molecule has 0 aliphatic carbocycles. The standard InChI is InChI=1S/C24H20N4O3/c1-24(2,3)31-23(30)27-11-10-16-20(22(27)29)18-14-6-4-5-7-17(14)28-21-13(12-25-28)8-9-15(26-16)19(18)21/h4-9,12H,10-11H2,1-3H3. The van der Waals surface area contributed by atoms with Gasteiger partial charge in [-0.3, -0.25) is 9.78 Å². The van der Waals surface area contributed by atoms with E-state index in [0.29, 0.717) is 12.0 Å². The van der Waals surface area contributed by atoms with Gasteiger partial charge in [-0.05, 0) is 39.0 Å². The Bertz CT molecular complexity index is 1540. The van der Waals surface area contributed by atoms with Crippen LogP contribution >= 0.6 is 0 Å². The molecule has 0 unspecified atom stereocenters. The van der Waals surface area contributed by atoms with E-state index in [1.165, 1.54) is 4.90 Å². The molecule has 0 atom stereocenters. The summed E-state index contributed by atoms with van der Waals surface area (Å²) in [5.74, 6) is -0.361. The van der Waals surface area contributed by atoms with Crippen LogP contribution in [0.2, 0.25) is 0 Å². The number of imide groups is 1. The number of ether oxygens (including phenoxy) is 1. The topological polar surface area (TPSA) is 76.8 Å². The van der Waals surface area contributed by atoms with Crippen LogP contribution in [0.1, 0.15) is 36.8 Å². The number of para-hydroxylation sites is 1. The lowest BCUT2D eigenvalue weighted by atomic mass is 9.93. The average molecular weight is 412 g/mol. The first-order chi connectivity index (χ1) is 14.8. The smallest absolute Gasteiger partial charge is 0.417 e. The SMILES string of the molecule is CC(C)(C)OC(=O)N1CCc2nc3ccc4cnn5c6ccccc6c(c2C1=O)c3c45. The molecule has 1 aliphatic heterocycles. The van der Waals surface area contributed by atoms with Crippen LogP contribution in [0.3, 0.4) is 0 Å². The number of rotatable bonds is 0. The summed E-state index contributed by atoms with van der Waals surface area (Å²) in [7, 11) is 0. The highest BCUT2D eigenvalue weighted by Gasteiger charge is 2.35. The number of carbonyl (C=O) groups is 2. The first kappa shape index (κ1) is 18.1. The second-order valence-electron chi connectivity index (χ2n) is 8.97. The van der Waals surface area contributed by atoms with Crippen molar-refractivity contribution in [2.45, 2.75) is 32.8 Å². The summed E-state index contributed by atoms with van der Waals surface area (Å²) in [4.78, 5) is 32.4. The monoisotopic (exact) mass is 412 g/mol. The van der Waals surface area contributed by atoms with Crippen molar-refractivity contribution in [1.29, 1.82) is 0 Å². The molecule has 0 N–H and O–H groups in total. The minimum atomic E-state index is -0.682. The van der Waals surface area contributed by atoms with Gasteiger partial charge < -0.3 is 4.74 Å². The normalized spacial score (nSPS) is 14.8. The third-order valence-corrected chi connectivity index (χ3v) is 5.80. The maximum atomic E-state index is 13.6. The van der Waals surface area contributed by atoms with E-state index in [1.54, 1.807) is 20.8 Å². The van der Waals surface area contributed by atoms with Gasteiger partial charge in [0.15, 0.2) is 0 Å². The van der Waals surface area contributed by atoms with Crippen LogP contribution in [0, 0.1) is 0 Å². The number of hydrogen-bond acceptors (Lipinski definition) is 5. The molecule has 5 aromatic rings. The number of benzene rings is 2. The molecule has 0 radical (unpaired) electrons. The molecule has 3 aromatic heterocycles. The number of nitrogens with zero attached hydrogens (tertiary/aromatic N) is 4. The maximum absolute atomic E-state index is 13.6. The predicted octanol–water partition coefficient (Wildman–Crippen LogP) is 4.56. The van der Waals surface area contributed by atoms with Gasteiger partial charge in [0.2, 0.25) is 0 Å². The average Bonchev–Trinajstić information content (AvgIpc) is 3.16. The van der Waals surface area contributed by atoms with Gasteiger partial charge in [0.1, 0.15) is 5.60 Å². The molecular formula is C24H20N4O3. The number of aromatic nitrogens is 3. The molecule has 7 heteroatoms. The minimum Gasteiger partial charge on any atom is -0.443 e. The van der Waals surface area contributed by atoms with Gasteiger partial charge in [-0.1, -0.05) is 18.2 Å². The molecule has 0 fully saturated rings. The number of hydrogen-bond donors (Lipinski definition) is 0. The fraction of sp³-hybridized carbons (Fsp3) is 0.250. The Morgan fingerprint density at radius 3 is 2.71 bits per heavy atom. The Hall–Kier alpha value is -3.74. The number of carbonyl (C=O) groups excluding carboxylic acids is 2. The molecular weight excluding hydrogens is 392 g/mol. The van der Waals surface area contributed by atoms with Crippen LogP contribution in [0.15, 0.2) is 42.6 Å². The van der Waals surface area contributed by atoms with Crippen LogP contribution in [0.5, 0.6) is 0 Å². The third kappa shape index (κ3) is 2.46. The number of fused-ring (bicyclic) bond motifs is 5. The van der Waals surface area contributed by atoms with Crippen molar-refractivity contribution >= 4 is 50.1 Å². The Balaban J connectivity index is 1.70. The lowest BCUT2D eigenvalue weighted by Gasteiger charge is -2.30. The van der Waals surface area contributed by atoms with Crippen molar-refractivity contribution in [2.24, 2.45) is 0 Å². The van der Waals surface area contributed by atoms with Crippen molar-refractivity contribution in [3.05, 3.63) is 53.9 Å². The summed E-state index contributed by atoms with van der Waals surface area (Å²) in [6.07, 6.45) is 1.69. The molecule has 1 aliphatic rings. The van der Waals surface area contributed by atoms with Gasteiger partial charge in [-0.25, -0.2) is 14.2 Å². The summed E-state index contributed by atoms with van der Waals surface area (Å²) >= 11 is 0. The van der Waals surface area contributed by atoms with Gasteiger partial charge in [0.25, 0.3) is 5.91 Å². The molecule has 0 saturated carbocycles. The zero-order chi connectivity index (χ0) is 21.5.